The summed E-state index contributed by atoms with van der Waals surface area (Å²) < 4.78 is 5.86. The van der Waals surface area contributed by atoms with Gasteiger partial charge in [0.25, 0.3) is 0 Å². The molecule has 3 nitrogen and oxygen atoms in total. The van der Waals surface area contributed by atoms with Crippen molar-refractivity contribution in [3.8, 4) is 5.75 Å². The molecule has 4 aromatic rings. The van der Waals surface area contributed by atoms with Gasteiger partial charge in [0.2, 0.25) is 0 Å². The molecule has 2 unspecified atom stereocenters. The summed E-state index contributed by atoms with van der Waals surface area (Å²) in [5, 5.41) is 15.1. The molecule has 180 valence electrons. The van der Waals surface area contributed by atoms with Crippen LogP contribution < -0.4 is 10.1 Å². The lowest BCUT2D eigenvalue weighted by atomic mass is 9.88. The minimum atomic E-state index is -0.608. The van der Waals surface area contributed by atoms with E-state index < -0.39 is 6.10 Å². The largest absolute Gasteiger partial charge is 0.489 e. The summed E-state index contributed by atoms with van der Waals surface area (Å²) >= 11 is 6.04. The van der Waals surface area contributed by atoms with E-state index >= 15 is 0 Å². The van der Waals surface area contributed by atoms with E-state index in [4.69, 9.17) is 16.3 Å². The molecule has 0 amide bonds. The van der Waals surface area contributed by atoms with E-state index in [1.165, 1.54) is 11.1 Å². The topological polar surface area (TPSA) is 41.5 Å². The second kappa shape index (κ2) is 12.6. The maximum atomic E-state index is 10.9. The number of ether oxygens (including phenoxy) is 1. The first-order valence-corrected chi connectivity index (χ1v) is 12.5. The van der Waals surface area contributed by atoms with Gasteiger partial charge in [-0.15, -0.1) is 0 Å². The van der Waals surface area contributed by atoms with Crippen LogP contribution in [0.25, 0.3) is 0 Å². The van der Waals surface area contributed by atoms with E-state index in [0.717, 1.165) is 29.8 Å². The molecule has 0 bridgehead atoms. The van der Waals surface area contributed by atoms with E-state index in [1.54, 1.807) is 0 Å². The van der Waals surface area contributed by atoms with Gasteiger partial charge >= 0.3 is 0 Å². The lowest BCUT2D eigenvalue weighted by Crippen LogP contribution is -2.33. The minimum Gasteiger partial charge on any atom is -0.489 e. The van der Waals surface area contributed by atoms with Crippen molar-refractivity contribution in [3.63, 3.8) is 0 Å². The molecule has 0 spiro atoms. The van der Waals surface area contributed by atoms with Crippen LogP contribution in [0.3, 0.4) is 0 Å². The summed E-state index contributed by atoms with van der Waals surface area (Å²) in [5.41, 5.74) is 4.50. The number of hydrogen-bond donors (Lipinski definition) is 2. The number of aliphatic hydroxyl groups is 1. The fourth-order valence-electron chi connectivity index (χ4n) is 4.31. The number of hydrogen-bond acceptors (Lipinski definition) is 3. The van der Waals surface area contributed by atoms with Gasteiger partial charge in [0.05, 0.1) is 6.10 Å². The number of rotatable bonds is 11. The van der Waals surface area contributed by atoms with Gasteiger partial charge in [0, 0.05) is 17.0 Å². The Morgan fingerprint density at radius 1 is 0.771 bits per heavy atom. The molecule has 0 saturated carbocycles. The van der Waals surface area contributed by atoms with Crippen molar-refractivity contribution >= 4 is 11.6 Å². The molecule has 0 aliphatic carbocycles. The van der Waals surface area contributed by atoms with Crippen LogP contribution in [0.4, 0.5) is 0 Å². The Morgan fingerprint density at radius 3 is 2.00 bits per heavy atom. The Hall–Kier alpha value is -3.11. The highest BCUT2D eigenvalue weighted by atomic mass is 35.5. The van der Waals surface area contributed by atoms with Gasteiger partial charge in [-0.25, -0.2) is 0 Å². The van der Waals surface area contributed by atoms with E-state index in [9.17, 15) is 5.11 Å². The van der Waals surface area contributed by atoms with Crippen molar-refractivity contribution in [2.45, 2.75) is 38.0 Å². The molecule has 0 aliphatic heterocycles. The van der Waals surface area contributed by atoms with Crippen LogP contribution in [0.1, 0.15) is 47.6 Å². The molecule has 0 radical (unpaired) electrons. The summed E-state index contributed by atoms with van der Waals surface area (Å²) in [6.07, 6.45) is 0.338. The Bertz CT molecular complexity index is 1130. The van der Waals surface area contributed by atoms with Crippen LogP contribution in [0.5, 0.6) is 5.75 Å². The SMILES string of the molecule is CC(NCCC(c1ccccc1)c1ccccc1)C(O)c1ccc(OCc2cccc(Cl)c2)cc1. The zero-order valence-electron chi connectivity index (χ0n) is 20.0. The Labute approximate surface area is 213 Å². The van der Waals surface area contributed by atoms with E-state index in [-0.39, 0.29) is 6.04 Å². The van der Waals surface area contributed by atoms with Gasteiger partial charge < -0.3 is 15.2 Å². The van der Waals surface area contributed by atoms with Crippen LogP contribution >= 0.6 is 11.6 Å². The van der Waals surface area contributed by atoms with E-state index in [0.29, 0.717) is 17.5 Å². The molecule has 35 heavy (non-hydrogen) atoms. The Balaban J connectivity index is 1.30. The molecule has 4 aromatic carbocycles. The smallest absolute Gasteiger partial charge is 0.119 e. The predicted molar refractivity (Wildman–Crippen MR) is 144 cm³/mol. The minimum absolute atomic E-state index is 0.0829. The van der Waals surface area contributed by atoms with Crippen LogP contribution in [-0.2, 0) is 6.61 Å². The van der Waals surface area contributed by atoms with Crippen molar-refractivity contribution in [3.05, 3.63) is 136 Å². The summed E-state index contributed by atoms with van der Waals surface area (Å²) in [6.45, 7) is 3.27. The molecule has 0 aliphatic rings. The first-order valence-electron chi connectivity index (χ1n) is 12.1. The third-order valence-electron chi connectivity index (χ3n) is 6.29. The molecule has 0 aromatic heterocycles. The summed E-state index contributed by atoms with van der Waals surface area (Å²) in [5.74, 6) is 1.07. The van der Waals surface area contributed by atoms with Crippen molar-refractivity contribution in [2.75, 3.05) is 6.54 Å². The quantitative estimate of drug-likeness (QED) is 0.237. The van der Waals surface area contributed by atoms with Gasteiger partial charge in [-0.1, -0.05) is 96.5 Å². The normalized spacial score (nSPS) is 12.9. The maximum Gasteiger partial charge on any atom is 0.119 e. The summed E-state index contributed by atoms with van der Waals surface area (Å²) in [7, 11) is 0. The first kappa shape index (κ1) is 25.0. The van der Waals surface area contributed by atoms with Crippen molar-refractivity contribution in [1.29, 1.82) is 0 Å². The standard InChI is InChI=1S/C31H32ClNO2/c1-23(33-20-19-30(25-10-4-2-5-11-25)26-12-6-3-7-13-26)31(34)27-15-17-29(18-16-27)35-22-24-9-8-14-28(32)21-24/h2-18,21,23,30-31,33-34H,19-20,22H2,1H3. The molecular weight excluding hydrogens is 454 g/mol. The monoisotopic (exact) mass is 485 g/mol. The lowest BCUT2D eigenvalue weighted by molar-refractivity contribution is 0.136. The zero-order chi connectivity index (χ0) is 24.5. The van der Waals surface area contributed by atoms with E-state index in [2.05, 4.69) is 66.0 Å². The van der Waals surface area contributed by atoms with Crippen molar-refractivity contribution < 1.29 is 9.84 Å². The third-order valence-corrected chi connectivity index (χ3v) is 6.53. The highest BCUT2D eigenvalue weighted by Crippen LogP contribution is 2.28. The summed E-state index contributed by atoms with van der Waals surface area (Å²) in [6, 6.07) is 36.4. The van der Waals surface area contributed by atoms with Crippen LogP contribution in [0, 0.1) is 0 Å². The van der Waals surface area contributed by atoms with Gasteiger partial charge in [0.1, 0.15) is 12.4 Å². The number of aliphatic hydroxyl groups excluding tert-OH is 1. The highest BCUT2D eigenvalue weighted by molar-refractivity contribution is 6.30. The third kappa shape index (κ3) is 7.19. The van der Waals surface area contributed by atoms with Crippen LogP contribution in [0.2, 0.25) is 5.02 Å². The molecule has 4 heteroatoms. The van der Waals surface area contributed by atoms with Crippen molar-refractivity contribution in [2.24, 2.45) is 0 Å². The van der Waals surface area contributed by atoms with E-state index in [1.807, 2.05) is 55.5 Å². The number of benzene rings is 4. The summed E-state index contributed by atoms with van der Waals surface area (Å²) in [4.78, 5) is 0. The molecule has 0 heterocycles. The molecule has 4 rings (SSSR count). The van der Waals surface area contributed by atoms with Gasteiger partial charge in [-0.05, 0) is 66.4 Å². The van der Waals surface area contributed by atoms with Gasteiger partial charge in [-0.3, -0.25) is 0 Å². The average molecular weight is 486 g/mol. The fraction of sp³-hybridized carbons (Fsp3) is 0.226. The Kier molecular flexibility index (Phi) is 8.96. The molecule has 2 N–H and O–H groups in total. The Morgan fingerprint density at radius 2 is 1.40 bits per heavy atom. The zero-order valence-corrected chi connectivity index (χ0v) is 20.7. The fourth-order valence-corrected chi connectivity index (χ4v) is 4.52. The second-order valence-corrected chi connectivity index (χ2v) is 9.27. The second-order valence-electron chi connectivity index (χ2n) is 8.84. The molecular formula is C31H32ClNO2. The maximum absolute atomic E-state index is 10.9. The number of halogens is 1. The molecule has 2 atom stereocenters. The van der Waals surface area contributed by atoms with Crippen LogP contribution in [0.15, 0.2) is 109 Å². The van der Waals surface area contributed by atoms with Crippen molar-refractivity contribution in [1.82, 2.24) is 5.32 Å². The molecule has 0 saturated heterocycles. The molecule has 0 fully saturated rings. The first-order chi connectivity index (χ1) is 17.1. The van der Waals surface area contributed by atoms with Gasteiger partial charge in [0.15, 0.2) is 0 Å². The van der Waals surface area contributed by atoms with Gasteiger partial charge in [-0.2, -0.15) is 0 Å². The number of nitrogens with one attached hydrogen (secondary N) is 1. The lowest BCUT2D eigenvalue weighted by Gasteiger charge is -2.23. The highest BCUT2D eigenvalue weighted by Gasteiger charge is 2.18. The van der Waals surface area contributed by atoms with Crippen LogP contribution in [-0.4, -0.2) is 17.7 Å². The predicted octanol–water partition coefficient (Wildman–Crippen LogP) is 7.15. The average Bonchev–Trinajstić information content (AvgIpc) is 2.91.